The quantitative estimate of drug-likeness (QED) is 0.534. The number of nitrogens with zero attached hydrogens (tertiary/aromatic N) is 3. The van der Waals surface area contributed by atoms with Crippen molar-refractivity contribution in [1.29, 1.82) is 0 Å². The van der Waals surface area contributed by atoms with Gasteiger partial charge in [-0.05, 0) is 19.9 Å². The minimum Gasteiger partial charge on any atom is -0.481 e. The van der Waals surface area contributed by atoms with Crippen LogP contribution in [0.5, 0.6) is 0 Å². The molecular formula is C18H22N4O5S. The van der Waals surface area contributed by atoms with Gasteiger partial charge in [0.2, 0.25) is 0 Å². The van der Waals surface area contributed by atoms with E-state index in [0.717, 1.165) is 23.8 Å². The zero-order valence-electron chi connectivity index (χ0n) is 15.7. The van der Waals surface area contributed by atoms with Crippen molar-refractivity contribution >= 4 is 34.1 Å². The molecule has 2 aromatic heterocycles. The normalized spacial score (nSPS) is 14.9. The molecule has 3 rings (SSSR count). The summed E-state index contributed by atoms with van der Waals surface area (Å²) in [5.74, 6) is -0.0695. The van der Waals surface area contributed by atoms with Crippen LogP contribution in [0.4, 0.5) is 5.13 Å². The Labute approximate surface area is 166 Å². The maximum Gasteiger partial charge on any atom is 0.303 e. The van der Waals surface area contributed by atoms with E-state index in [1.54, 1.807) is 25.3 Å². The van der Waals surface area contributed by atoms with Gasteiger partial charge in [0.1, 0.15) is 17.2 Å². The maximum absolute atomic E-state index is 12.3. The largest absolute Gasteiger partial charge is 0.481 e. The molecule has 3 heterocycles. The molecule has 0 aliphatic carbocycles. The van der Waals surface area contributed by atoms with E-state index in [9.17, 15) is 9.59 Å². The summed E-state index contributed by atoms with van der Waals surface area (Å²) >= 11 is 1.42. The Hall–Kier alpha value is -2.72. The van der Waals surface area contributed by atoms with Crippen LogP contribution in [0.15, 0.2) is 21.0 Å². The molecule has 9 nitrogen and oxygen atoms in total. The molecule has 0 radical (unpaired) electrons. The maximum atomic E-state index is 12.3. The Morgan fingerprint density at radius 2 is 2.14 bits per heavy atom. The fourth-order valence-electron chi connectivity index (χ4n) is 2.78. The van der Waals surface area contributed by atoms with E-state index in [1.165, 1.54) is 11.3 Å². The van der Waals surface area contributed by atoms with Crippen LogP contribution in [0.25, 0.3) is 0 Å². The third-order valence-corrected chi connectivity index (χ3v) is 5.18. The first-order valence-electron chi connectivity index (χ1n) is 8.88. The zero-order chi connectivity index (χ0) is 20.1. The molecule has 1 amide bonds. The summed E-state index contributed by atoms with van der Waals surface area (Å²) in [6, 6.07) is 1.75. The number of carboxylic acids is 1. The molecule has 1 fully saturated rings. The second-order valence-corrected chi connectivity index (χ2v) is 7.17. The Bertz CT molecular complexity index is 882. The number of aryl methyl sites for hydroxylation is 2. The number of carbonyl (C=O) groups is 2. The first-order chi connectivity index (χ1) is 13.4. The van der Waals surface area contributed by atoms with E-state index in [4.69, 9.17) is 14.3 Å². The highest BCUT2D eigenvalue weighted by Gasteiger charge is 2.18. The summed E-state index contributed by atoms with van der Waals surface area (Å²) in [6.07, 6.45) is 0.299. The van der Waals surface area contributed by atoms with Gasteiger partial charge in [0, 0.05) is 30.5 Å². The first kappa shape index (κ1) is 20.0. The molecule has 0 spiro atoms. The zero-order valence-corrected chi connectivity index (χ0v) is 16.5. The lowest BCUT2D eigenvalue weighted by molar-refractivity contribution is -0.137. The molecule has 1 aliphatic heterocycles. The summed E-state index contributed by atoms with van der Waals surface area (Å²) < 4.78 is 10.9. The Morgan fingerprint density at radius 1 is 1.39 bits per heavy atom. The molecule has 1 aliphatic rings. The molecule has 10 heteroatoms. The molecule has 1 saturated heterocycles. The van der Waals surface area contributed by atoms with E-state index >= 15 is 0 Å². The highest BCUT2D eigenvalue weighted by Crippen LogP contribution is 2.21. The van der Waals surface area contributed by atoms with Gasteiger partial charge >= 0.3 is 5.97 Å². The standard InChI is InChI=1S/C18H22N4O5S/c1-11(14-9-13(27-12(14)2)3-4-16(23)24)20-21-17(25)15-10-28-18(19-15)22-5-7-26-8-6-22/h9-10H,3-8H2,1-2H3,(H,21,25)(H,23,24)/b20-11-. The molecule has 150 valence electrons. The van der Waals surface area contributed by atoms with Gasteiger partial charge in [0.25, 0.3) is 5.91 Å². The number of carbonyl (C=O) groups excluding carboxylic acids is 1. The minimum atomic E-state index is -0.882. The van der Waals surface area contributed by atoms with E-state index in [1.807, 2.05) is 0 Å². The number of rotatable bonds is 7. The van der Waals surface area contributed by atoms with Crippen LogP contribution in [0, 0.1) is 6.92 Å². The van der Waals surface area contributed by atoms with Crippen molar-refractivity contribution in [3.8, 4) is 0 Å². The number of furan rings is 1. The van der Waals surface area contributed by atoms with E-state index in [2.05, 4.69) is 20.4 Å². The number of aromatic nitrogens is 1. The van der Waals surface area contributed by atoms with Crippen molar-refractivity contribution < 1.29 is 23.8 Å². The number of morpholine rings is 1. The topological polar surface area (TPSA) is 117 Å². The fraction of sp³-hybridized carbons (Fsp3) is 0.444. The lowest BCUT2D eigenvalue weighted by atomic mass is 10.1. The monoisotopic (exact) mass is 406 g/mol. The highest BCUT2D eigenvalue weighted by atomic mass is 32.1. The van der Waals surface area contributed by atoms with Crippen LogP contribution >= 0.6 is 11.3 Å². The first-order valence-corrected chi connectivity index (χ1v) is 9.76. The Kier molecular flexibility index (Phi) is 6.42. The lowest BCUT2D eigenvalue weighted by Gasteiger charge is -2.25. The lowest BCUT2D eigenvalue weighted by Crippen LogP contribution is -2.36. The molecule has 0 aromatic carbocycles. The molecule has 0 saturated carbocycles. The van der Waals surface area contributed by atoms with Crippen molar-refractivity contribution in [3.05, 3.63) is 34.2 Å². The van der Waals surface area contributed by atoms with Gasteiger partial charge < -0.3 is 19.2 Å². The number of nitrogens with one attached hydrogen (secondary N) is 1. The Balaban J connectivity index is 1.62. The van der Waals surface area contributed by atoms with E-state index in [0.29, 0.717) is 42.6 Å². The predicted octanol–water partition coefficient (Wildman–Crippen LogP) is 2.05. The number of hydrogen-bond donors (Lipinski definition) is 2. The van der Waals surface area contributed by atoms with Gasteiger partial charge in [0.15, 0.2) is 5.13 Å². The third-order valence-electron chi connectivity index (χ3n) is 4.28. The second-order valence-electron chi connectivity index (χ2n) is 6.33. The summed E-state index contributed by atoms with van der Waals surface area (Å²) in [7, 11) is 0. The van der Waals surface area contributed by atoms with Crippen LogP contribution in [0.2, 0.25) is 0 Å². The minimum absolute atomic E-state index is 0.00534. The van der Waals surface area contributed by atoms with E-state index < -0.39 is 5.97 Å². The van der Waals surface area contributed by atoms with Crippen molar-refractivity contribution in [2.75, 3.05) is 31.2 Å². The molecule has 0 unspecified atom stereocenters. The number of carboxylic acid groups (broad SMARTS) is 1. The van der Waals surface area contributed by atoms with Gasteiger partial charge in [-0.15, -0.1) is 11.3 Å². The molecule has 28 heavy (non-hydrogen) atoms. The fourth-order valence-corrected chi connectivity index (χ4v) is 3.64. The van der Waals surface area contributed by atoms with Crippen LogP contribution in [0.3, 0.4) is 0 Å². The number of anilines is 1. The van der Waals surface area contributed by atoms with Gasteiger partial charge in [-0.2, -0.15) is 5.10 Å². The Morgan fingerprint density at radius 3 is 2.86 bits per heavy atom. The van der Waals surface area contributed by atoms with E-state index in [-0.39, 0.29) is 12.3 Å². The van der Waals surface area contributed by atoms with Crippen LogP contribution < -0.4 is 10.3 Å². The van der Waals surface area contributed by atoms with Crippen molar-refractivity contribution in [2.24, 2.45) is 5.10 Å². The number of thiazole rings is 1. The summed E-state index contributed by atoms with van der Waals surface area (Å²) in [5, 5.41) is 15.4. The third kappa shape index (κ3) is 4.96. The van der Waals surface area contributed by atoms with Crippen molar-refractivity contribution in [2.45, 2.75) is 26.7 Å². The van der Waals surface area contributed by atoms with Crippen molar-refractivity contribution in [1.82, 2.24) is 10.4 Å². The number of hydrogen-bond acceptors (Lipinski definition) is 8. The van der Waals surface area contributed by atoms with Gasteiger partial charge in [-0.25, -0.2) is 10.4 Å². The average molecular weight is 406 g/mol. The molecule has 0 atom stereocenters. The van der Waals surface area contributed by atoms with Crippen LogP contribution in [-0.2, 0) is 16.0 Å². The molecular weight excluding hydrogens is 384 g/mol. The highest BCUT2D eigenvalue weighted by molar-refractivity contribution is 7.13. The predicted molar refractivity (Wildman–Crippen MR) is 104 cm³/mol. The number of hydrazone groups is 1. The molecule has 2 N–H and O–H groups in total. The molecule has 0 bridgehead atoms. The SMILES string of the molecule is C/C(=N/NC(=O)c1csc(N2CCOCC2)n1)c1cc(CCC(=O)O)oc1C. The van der Waals surface area contributed by atoms with Gasteiger partial charge in [-0.1, -0.05) is 0 Å². The summed E-state index contributed by atoms with van der Waals surface area (Å²) in [5.41, 5.74) is 4.13. The average Bonchev–Trinajstić information content (AvgIpc) is 3.32. The van der Waals surface area contributed by atoms with Crippen LogP contribution in [-0.4, -0.2) is 54.0 Å². The molecule has 2 aromatic rings. The number of ether oxygens (including phenoxy) is 1. The van der Waals surface area contributed by atoms with Crippen molar-refractivity contribution in [3.63, 3.8) is 0 Å². The smallest absolute Gasteiger partial charge is 0.303 e. The van der Waals surface area contributed by atoms with Crippen LogP contribution in [0.1, 0.15) is 40.9 Å². The summed E-state index contributed by atoms with van der Waals surface area (Å²) in [4.78, 5) is 29.5. The van der Waals surface area contributed by atoms with Gasteiger partial charge in [-0.3, -0.25) is 9.59 Å². The second kappa shape index (κ2) is 8.98. The summed E-state index contributed by atoms with van der Waals surface area (Å²) in [6.45, 7) is 6.35. The number of amides is 1. The number of aliphatic carboxylic acids is 1. The van der Waals surface area contributed by atoms with Gasteiger partial charge in [0.05, 0.1) is 25.3 Å².